The molecule has 1 aromatic heterocycles. The Morgan fingerprint density at radius 1 is 1.25 bits per heavy atom. The number of thioether (sulfide) groups is 1. The van der Waals surface area contributed by atoms with E-state index in [1.54, 1.807) is 41.3 Å². The molecular weight excluding hydrogens is 417 g/mol. The average Bonchev–Trinajstić information content (AvgIpc) is 3.18. The second-order valence-corrected chi connectivity index (χ2v) is 6.92. The van der Waals surface area contributed by atoms with Crippen molar-refractivity contribution in [1.29, 1.82) is 5.39 Å². The minimum Gasteiger partial charge on any atom is -0.456 e. The maximum Gasteiger partial charge on any atom is 0.673 e. The van der Waals surface area contributed by atoms with Gasteiger partial charge in [-0.25, -0.2) is 0 Å². The zero-order chi connectivity index (χ0) is 20.9. The van der Waals surface area contributed by atoms with E-state index in [0.717, 1.165) is 0 Å². The molecule has 1 aliphatic rings. The first-order valence-corrected chi connectivity index (χ1v) is 9.03. The molecule has 1 amide bonds. The van der Waals surface area contributed by atoms with Crippen molar-refractivity contribution in [2.45, 2.75) is 6.92 Å². The Morgan fingerprint density at radius 2 is 1.89 bits per heavy atom. The molecule has 2 heterocycles. The van der Waals surface area contributed by atoms with Gasteiger partial charge in [0.2, 0.25) is 5.39 Å². The predicted octanol–water partition coefficient (Wildman–Crippen LogP) is 5.95. The van der Waals surface area contributed by atoms with Gasteiger partial charge in [0.1, 0.15) is 21.4 Å². The van der Waals surface area contributed by atoms with Crippen LogP contribution in [0.25, 0.3) is 22.4 Å². The molecule has 146 valence electrons. The molecule has 1 fully saturated rings. The third-order valence-electron chi connectivity index (χ3n) is 3.37. The van der Waals surface area contributed by atoms with Gasteiger partial charge >= 0.3 is 12.9 Å². The van der Waals surface area contributed by atoms with E-state index in [1.807, 2.05) is 13.0 Å². The highest BCUT2D eigenvalue weighted by atomic mass is 32.2. The molecule has 1 aromatic carbocycles. The SMILES string of the molecule is CCN1C(=O)/C(=C/c2ccc(-c3ccccc3[N+]#N)o2)SC1=S.F[B-](F)(F)F. The number of thiocarbonyl (C=S) groups is 1. The van der Waals surface area contributed by atoms with Crippen molar-refractivity contribution < 1.29 is 26.5 Å². The number of hydrogen-bond acceptors (Lipinski definition) is 5. The fourth-order valence-electron chi connectivity index (χ4n) is 2.25. The number of diazo groups is 1. The van der Waals surface area contributed by atoms with Crippen LogP contribution in [0.5, 0.6) is 0 Å². The van der Waals surface area contributed by atoms with E-state index in [1.165, 1.54) is 11.8 Å². The normalized spacial score (nSPS) is 15.4. The third-order valence-corrected chi connectivity index (χ3v) is 4.74. The number of carbonyl (C=O) groups excluding carboxylic acids is 1. The van der Waals surface area contributed by atoms with Crippen LogP contribution in [0, 0.1) is 5.39 Å². The lowest BCUT2D eigenvalue weighted by molar-refractivity contribution is -0.122. The number of halogens is 4. The van der Waals surface area contributed by atoms with Gasteiger partial charge < -0.3 is 21.7 Å². The van der Waals surface area contributed by atoms with E-state index in [2.05, 4.69) is 4.98 Å². The van der Waals surface area contributed by atoms with Crippen LogP contribution in [0.4, 0.5) is 23.0 Å². The lowest BCUT2D eigenvalue weighted by Crippen LogP contribution is -2.27. The maximum atomic E-state index is 12.2. The van der Waals surface area contributed by atoms with E-state index >= 15 is 0 Å². The molecule has 0 radical (unpaired) electrons. The number of hydrogen-bond donors (Lipinski definition) is 0. The molecule has 0 bridgehead atoms. The minimum atomic E-state index is -6.00. The lowest BCUT2D eigenvalue weighted by atomic mass is 10.1. The van der Waals surface area contributed by atoms with Gasteiger partial charge in [-0.05, 0) is 25.1 Å². The Labute approximate surface area is 167 Å². The summed E-state index contributed by atoms with van der Waals surface area (Å²) in [5.41, 5.74) is 1.10. The van der Waals surface area contributed by atoms with E-state index < -0.39 is 7.25 Å². The van der Waals surface area contributed by atoms with Crippen LogP contribution < -0.4 is 0 Å². The smallest absolute Gasteiger partial charge is 0.456 e. The Hall–Kier alpha value is -2.65. The van der Waals surface area contributed by atoms with Crippen LogP contribution in [-0.4, -0.2) is 28.9 Å². The second kappa shape index (κ2) is 9.03. The summed E-state index contributed by atoms with van der Waals surface area (Å²) < 4.78 is 45.3. The van der Waals surface area contributed by atoms with Gasteiger partial charge in [-0.2, -0.15) is 0 Å². The molecule has 0 atom stereocenters. The molecule has 1 aliphatic heterocycles. The summed E-state index contributed by atoms with van der Waals surface area (Å²) in [5.74, 6) is 1.01. The van der Waals surface area contributed by atoms with Gasteiger partial charge in [0.15, 0.2) is 4.98 Å². The summed E-state index contributed by atoms with van der Waals surface area (Å²) in [6.45, 7) is 2.44. The Kier molecular flexibility index (Phi) is 6.98. The summed E-state index contributed by atoms with van der Waals surface area (Å²) in [4.78, 5) is 17.5. The summed E-state index contributed by atoms with van der Waals surface area (Å²) in [7, 11) is -6.00. The molecule has 3 rings (SSSR count). The molecule has 0 N–H and O–H groups in total. The molecule has 1 saturated heterocycles. The Balaban J connectivity index is 0.000000500. The summed E-state index contributed by atoms with van der Waals surface area (Å²) in [5, 5.41) is 9.04. The molecule has 2 aromatic rings. The molecule has 28 heavy (non-hydrogen) atoms. The van der Waals surface area contributed by atoms with Crippen LogP contribution in [0.1, 0.15) is 12.7 Å². The summed E-state index contributed by atoms with van der Waals surface area (Å²) >= 11 is 6.45. The van der Waals surface area contributed by atoms with E-state index in [-0.39, 0.29) is 5.91 Å². The van der Waals surface area contributed by atoms with Crippen LogP contribution >= 0.6 is 24.0 Å². The van der Waals surface area contributed by atoms with E-state index in [4.69, 9.17) is 22.0 Å². The molecule has 0 saturated carbocycles. The van der Waals surface area contributed by atoms with Crippen molar-refractivity contribution in [2.75, 3.05) is 6.54 Å². The number of likely N-dealkylation sites (N-methyl/N-ethyl adjacent to an activating group) is 1. The molecule has 12 heteroatoms. The number of furan rings is 1. The van der Waals surface area contributed by atoms with Gasteiger partial charge in [-0.1, -0.05) is 36.1 Å². The fraction of sp³-hybridized carbons (Fsp3) is 0.125. The highest BCUT2D eigenvalue weighted by molar-refractivity contribution is 8.26. The molecule has 0 unspecified atom stereocenters. The van der Waals surface area contributed by atoms with E-state index in [0.29, 0.717) is 38.5 Å². The predicted molar refractivity (Wildman–Crippen MR) is 105 cm³/mol. The standard InChI is InChI=1S/C16H12N3O2S2.BF4/c1-2-19-15(20)14(23-16(19)22)9-10-7-8-13(21-10)11-5-3-4-6-12(11)18-17;2-1(3,4)5/h3-9H,2H2,1H3;/q+1;-1/b14-9-;. The third kappa shape index (κ3) is 5.67. The van der Waals surface area contributed by atoms with Gasteiger partial charge in [0, 0.05) is 18.7 Å². The van der Waals surface area contributed by atoms with Crippen molar-refractivity contribution >= 4 is 53.2 Å². The molecular formula is C16H12BF4N3O2S2. The number of rotatable bonds is 3. The number of carbonyl (C=O) groups is 1. The minimum absolute atomic E-state index is 0.105. The van der Waals surface area contributed by atoms with Crippen molar-refractivity contribution in [2.24, 2.45) is 0 Å². The lowest BCUT2D eigenvalue weighted by Gasteiger charge is -2.09. The van der Waals surface area contributed by atoms with Crippen molar-refractivity contribution in [1.82, 2.24) is 4.90 Å². The summed E-state index contributed by atoms with van der Waals surface area (Å²) in [6.07, 6.45) is 1.68. The quantitative estimate of drug-likeness (QED) is 0.198. The van der Waals surface area contributed by atoms with E-state index in [9.17, 15) is 22.1 Å². The van der Waals surface area contributed by atoms with Gasteiger partial charge in [0.05, 0.1) is 4.91 Å². The average molecular weight is 429 g/mol. The van der Waals surface area contributed by atoms with Gasteiger partial charge in [-0.15, -0.1) is 0 Å². The highest BCUT2D eigenvalue weighted by Gasteiger charge is 2.31. The first kappa shape index (κ1) is 21.7. The largest absolute Gasteiger partial charge is 0.673 e. The van der Waals surface area contributed by atoms with Crippen molar-refractivity contribution in [3.05, 3.63) is 52.0 Å². The Morgan fingerprint density at radius 3 is 2.46 bits per heavy atom. The summed E-state index contributed by atoms with van der Waals surface area (Å²) in [6, 6.07) is 10.6. The van der Waals surface area contributed by atoms with Crippen LogP contribution in [0.15, 0.2) is 45.7 Å². The topological polar surface area (TPSA) is 61.6 Å². The first-order valence-electron chi connectivity index (χ1n) is 7.81. The van der Waals surface area contributed by atoms with Gasteiger partial charge in [0.25, 0.3) is 5.91 Å². The van der Waals surface area contributed by atoms with Crippen LogP contribution in [0.2, 0.25) is 0 Å². The Bertz CT molecular complexity index is 963. The number of amides is 1. The molecule has 0 spiro atoms. The molecule has 5 nitrogen and oxygen atoms in total. The van der Waals surface area contributed by atoms with Crippen LogP contribution in [0.3, 0.4) is 0 Å². The van der Waals surface area contributed by atoms with Gasteiger partial charge in [-0.3, -0.25) is 9.69 Å². The first-order chi connectivity index (χ1) is 13.1. The highest BCUT2D eigenvalue weighted by Crippen LogP contribution is 2.35. The van der Waals surface area contributed by atoms with Crippen molar-refractivity contribution in [3.8, 4) is 11.3 Å². The zero-order valence-electron chi connectivity index (χ0n) is 14.3. The number of nitrogens with zero attached hydrogens (tertiary/aromatic N) is 3. The number of benzene rings is 1. The second-order valence-electron chi connectivity index (χ2n) is 5.24. The molecule has 0 aliphatic carbocycles. The maximum absolute atomic E-state index is 12.2. The van der Waals surface area contributed by atoms with Crippen molar-refractivity contribution in [3.63, 3.8) is 0 Å². The van der Waals surface area contributed by atoms with Crippen LogP contribution in [-0.2, 0) is 4.79 Å². The fourth-order valence-corrected chi connectivity index (χ4v) is 3.61. The monoisotopic (exact) mass is 429 g/mol. The zero-order valence-corrected chi connectivity index (χ0v) is 15.9.